The van der Waals surface area contributed by atoms with Crippen LogP contribution in [0.5, 0.6) is 0 Å². The molecule has 1 aliphatic carbocycles. The largest absolute Gasteiger partial charge is 0.408 e. The maximum atomic E-state index is 10.8. The number of nitrogens with zero attached hydrogens (tertiary/aromatic N) is 3. The molecule has 7 heteroatoms. The second kappa shape index (κ2) is 6.13. The van der Waals surface area contributed by atoms with Crippen LogP contribution in [0.2, 0.25) is 5.02 Å². The molecule has 1 aromatic rings. The van der Waals surface area contributed by atoms with Crippen LogP contribution in [0.3, 0.4) is 0 Å². The van der Waals surface area contributed by atoms with Crippen molar-refractivity contribution in [3.8, 4) is 0 Å². The fraction of sp³-hybridized carbons (Fsp3) is 0.750. The molecule has 0 aliphatic heterocycles. The molecule has 0 amide bonds. The Morgan fingerprint density at radius 2 is 2.05 bits per heavy atom. The highest BCUT2D eigenvalue weighted by Crippen LogP contribution is 2.38. The molecule has 0 radical (unpaired) electrons. The van der Waals surface area contributed by atoms with Crippen LogP contribution in [-0.4, -0.2) is 20.5 Å². The second-order valence-electron chi connectivity index (χ2n) is 5.33. The number of nitro groups is 1. The Kier molecular flexibility index (Phi) is 4.73. The molecule has 0 atom stereocenters. The first-order valence-corrected chi connectivity index (χ1v) is 7.56. The van der Waals surface area contributed by atoms with Gasteiger partial charge in [0, 0.05) is 5.41 Å². The summed E-state index contributed by atoms with van der Waals surface area (Å²) in [5.41, 5.74) is 0.0861. The van der Waals surface area contributed by atoms with Gasteiger partial charge in [0.15, 0.2) is 5.02 Å². The normalized spacial score (nSPS) is 19.1. The predicted molar refractivity (Wildman–Crippen MR) is 77.9 cm³/mol. The fourth-order valence-corrected chi connectivity index (χ4v) is 3.42. The minimum absolute atomic E-state index is 0.0861. The minimum Gasteiger partial charge on any atom is -0.358 e. The van der Waals surface area contributed by atoms with Gasteiger partial charge < -0.3 is 10.1 Å². The first kappa shape index (κ1) is 14.7. The first-order valence-electron chi connectivity index (χ1n) is 6.54. The summed E-state index contributed by atoms with van der Waals surface area (Å²) in [7, 11) is 0. The van der Waals surface area contributed by atoms with Crippen LogP contribution in [0, 0.1) is 15.5 Å². The van der Waals surface area contributed by atoms with Gasteiger partial charge >= 0.3 is 5.82 Å². The topological polar surface area (TPSA) is 61.0 Å². The van der Waals surface area contributed by atoms with Gasteiger partial charge in [0.2, 0.25) is 0 Å². The van der Waals surface area contributed by atoms with Crippen molar-refractivity contribution >= 4 is 30.0 Å². The molecule has 1 fully saturated rings. The fourth-order valence-electron chi connectivity index (χ4n) is 2.78. The molecule has 0 aromatic carbocycles. The average Bonchev–Trinajstić information content (AvgIpc) is 2.60. The smallest absolute Gasteiger partial charge is 0.358 e. The molecule has 0 bridgehead atoms. The Hall–Kier alpha value is -0.750. The van der Waals surface area contributed by atoms with E-state index >= 15 is 0 Å². The predicted octanol–water partition coefficient (Wildman–Crippen LogP) is 3.72. The molecule has 0 N–H and O–H groups in total. The molecule has 19 heavy (non-hydrogen) atoms. The van der Waals surface area contributed by atoms with E-state index in [1.54, 1.807) is 10.9 Å². The van der Waals surface area contributed by atoms with E-state index in [4.69, 9.17) is 11.6 Å². The number of thiol groups is 1. The summed E-state index contributed by atoms with van der Waals surface area (Å²) in [4.78, 5) is 10.2. The van der Waals surface area contributed by atoms with E-state index < -0.39 is 4.92 Å². The van der Waals surface area contributed by atoms with Gasteiger partial charge in [0.05, 0.1) is 17.8 Å². The maximum absolute atomic E-state index is 10.8. The van der Waals surface area contributed by atoms with Gasteiger partial charge in [-0.3, -0.25) is 0 Å². The van der Waals surface area contributed by atoms with Crippen LogP contribution in [-0.2, 0) is 6.54 Å². The molecular weight excluding hydrogens is 286 g/mol. The number of halogens is 1. The molecule has 106 valence electrons. The monoisotopic (exact) mass is 303 g/mol. The molecule has 0 saturated heterocycles. The highest BCUT2D eigenvalue weighted by molar-refractivity contribution is 7.80. The van der Waals surface area contributed by atoms with Crippen molar-refractivity contribution in [3.63, 3.8) is 0 Å². The third-order valence-corrected chi connectivity index (χ3v) is 4.81. The lowest BCUT2D eigenvalue weighted by Crippen LogP contribution is -2.28. The second-order valence-corrected chi connectivity index (χ2v) is 6.05. The number of hydrogen-bond acceptors (Lipinski definition) is 4. The molecule has 1 aromatic heterocycles. The van der Waals surface area contributed by atoms with E-state index in [-0.39, 0.29) is 16.3 Å². The lowest BCUT2D eigenvalue weighted by molar-refractivity contribution is -0.389. The summed E-state index contributed by atoms with van der Waals surface area (Å²) in [5.74, 6) is 0.516. The van der Waals surface area contributed by atoms with Gasteiger partial charge in [0.25, 0.3) is 0 Å². The highest BCUT2D eigenvalue weighted by Gasteiger charge is 2.32. The molecule has 5 nitrogen and oxygen atoms in total. The van der Waals surface area contributed by atoms with Crippen LogP contribution in [0.4, 0.5) is 5.82 Å². The van der Waals surface area contributed by atoms with Crippen LogP contribution < -0.4 is 0 Å². The molecule has 1 aliphatic rings. The van der Waals surface area contributed by atoms with Crippen LogP contribution in [0.1, 0.15) is 38.5 Å². The Morgan fingerprint density at radius 1 is 1.42 bits per heavy atom. The van der Waals surface area contributed by atoms with Crippen LogP contribution in [0.25, 0.3) is 0 Å². The highest BCUT2D eigenvalue weighted by atomic mass is 35.5. The zero-order chi connectivity index (χ0) is 13.9. The van der Waals surface area contributed by atoms with Gasteiger partial charge in [0.1, 0.15) is 0 Å². The third-order valence-electron chi connectivity index (χ3n) is 3.87. The molecule has 0 spiro atoms. The molecule has 2 rings (SSSR count). The van der Waals surface area contributed by atoms with Crippen molar-refractivity contribution in [2.24, 2.45) is 5.41 Å². The number of aromatic nitrogens is 2. The summed E-state index contributed by atoms with van der Waals surface area (Å²) in [5, 5.41) is 14.8. The average molecular weight is 304 g/mol. The molecule has 0 unspecified atom stereocenters. The summed E-state index contributed by atoms with van der Waals surface area (Å²) >= 11 is 10.3. The lowest BCUT2D eigenvalue weighted by Gasteiger charge is -2.29. The van der Waals surface area contributed by atoms with Gasteiger partial charge in [-0.15, -0.1) is 0 Å². The van der Waals surface area contributed by atoms with E-state index in [2.05, 4.69) is 17.7 Å². The summed E-state index contributed by atoms with van der Waals surface area (Å²) in [6.45, 7) is 0.657. The molecule has 1 heterocycles. The zero-order valence-electron chi connectivity index (χ0n) is 10.7. The van der Waals surface area contributed by atoms with E-state index in [0.29, 0.717) is 6.54 Å². The van der Waals surface area contributed by atoms with Gasteiger partial charge in [-0.05, 0) is 23.5 Å². The van der Waals surface area contributed by atoms with Crippen molar-refractivity contribution < 1.29 is 4.92 Å². The Balaban J connectivity index is 2.17. The SMILES string of the molecule is O=[N+]([O-])c1nn(CC2(CS)CCCCCC2)cc1Cl. The Bertz CT molecular complexity index is 456. The van der Waals surface area contributed by atoms with Crippen LogP contribution in [0.15, 0.2) is 6.20 Å². The van der Waals surface area contributed by atoms with E-state index in [0.717, 1.165) is 18.6 Å². The standard InChI is InChI=1S/C12H18ClN3O2S/c13-10-7-15(14-11(10)16(17)18)8-12(9-19)5-3-1-2-4-6-12/h7,19H,1-6,8-9H2. The molecular formula is C12H18ClN3O2S. The summed E-state index contributed by atoms with van der Waals surface area (Å²) < 4.78 is 1.61. The lowest BCUT2D eigenvalue weighted by atomic mass is 9.82. The zero-order valence-corrected chi connectivity index (χ0v) is 12.4. The van der Waals surface area contributed by atoms with Crippen molar-refractivity contribution in [1.82, 2.24) is 9.78 Å². The number of rotatable bonds is 4. The summed E-state index contributed by atoms with van der Waals surface area (Å²) in [6.07, 6.45) is 8.65. The minimum atomic E-state index is -0.542. The number of hydrogen-bond donors (Lipinski definition) is 1. The van der Waals surface area contributed by atoms with Gasteiger partial charge in [-0.2, -0.15) is 17.3 Å². The van der Waals surface area contributed by atoms with Gasteiger partial charge in [-0.1, -0.05) is 37.3 Å². The van der Waals surface area contributed by atoms with Crippen molar-refractivity contribution in [2.75, 3.05) is 5.75 Å². The Labute approximate surface area is 122 Å². The van der Waals surface area contributed by atoms with E-state index in [9.17, 15) is 10.1 Å². The maximum Gasteiger partial charge on any atom is 0.408 e. The summed E-state index contributed by atoms with van der Waals surface area (Å²) in [6, 6.07) is 0. The van der Waals surface area contributed by atoms with E-state index in [1.807, 2.05) is 0 Å². The van der Waals surface area contributed by atoms with Crippen LogP contribution >= 0.6 is 24.2 Å². The first-order chi connectivity index (χ1) is 9.06. The third kappa shape index (κ3) is 3.42. The molecule has 1 saturated carbocycles. The van der Waals surface area contributed by atoms with Gasteiger partial charge in [-0.25, -0.2) is 0 Å². The van der Waals surface area contributed by atoms with Crippen molar-refractivity contribution in [2.45, 2.75) is 45.1 Å². The van der Waals surface area contributed by atoms with E-state index in [1.165, 1.54) is 25.7 Å². The quantitative estimate of drug-likeness (QED) is 0.399. The van der Waals surface area contributed by atoms with Crippen molar-refractivity contribution in [1.29, 1.82) is 0 Å². The van der Waals surface area contributed by atoms with Crippen molar-refractivity contribution in [3.05, 3.63) is 21.3 Å². The Morgan fingerprint density at radius 3 is 2.53 bits per heavy atom.